The number of methoxy groups -OCH3 is 1. The van der Waals surface area contributed by atoms with Crippen LogP contribution in [0, 0.1) is 0 Å². The van der Waals surface area contributed by atoms with Gasteiger partial charge >= 0.3 is 0 Å². The number of aliphatic hydroxyl groups excluding tert-OH is 1. The summed E-state index contributed by atoms with van der Waals surface area (Å²) in [4.78, 5) is 27.8. The number of ether oxygens (including phenoxy) is 1. The lowest BCUT2D eigenvalue weighted by atomic mass is 9.95. The molecule has 0 bridgehead atoms. The summed E-state index contributed by atoms with van der Waals surface area (Å²) in [6.07, 6.45) is 3.56. The summed E-state index contributed by atoms with van der Waals surface area (Å²) in [5, 5.41) is 20.8. The number of allylic oxidation sites excluding steroid dienone is 1. The van der Waals surface area contributed by atoms with Crippen molar-refractivity contribution in [2.45, 2.75) is 12.5 Å². The first kappa shape index (κ1) is 22.9. The maximum atomic E-state index is 13.2. The number of phenolic OH excluding ortho intramolecular Hbond substituents is 1. The summed E-state index contributed by atoms with van der Waals surface area (Å²) >= 11 is 0. The van der Waals surface area contributed by atoms with Crippen molar-refractivity contribution < 1.29 is 24.5 Å². The van der Waals surface area contributed by atoms with Gasteiger partial charge in [0.2, 0.25) is 0 Å². The minimum absolute atomic E-state index is 0.00187. The molecule has 2 N–H and O–H groups in total. The Morgan fingerprint density at radius 1 is 1.00 bits per heavy atom. The van der Waals surface area contributed by atoms with E-state index < -0.39 is 23.5 Å². The Morgan fingerprint density at radius 3 is 2.35 bits per heavy atom. The Morgan fingerprint density at radius 2 is 1.68 bits per heavy atom. The molecule has 1 aliphatic rings. The average Bonchev–Trinajstić information content (AvgIpc) is 3.12. The highest BCUT2D eigenvalue weighted by Gasteiger charge is 2.42. The number of nitrogens with zero attached hydrogens (tertiary/aromatic N) is 1. The molecular formula is C28H25NO5. The van der Waals surface area contributed by atoms with Gasteiger partial charge in [-0.1, -0.05) is 72.8 Å². The van der Waals surface area contributed by atoms with Crippen LogP contribution in [-0.2, 0) is 16.0 Å². The molecule has 3 aromatic carbocycles. The molecule has 34 heavy (non-hydrogen) atoms. The van der Waals surface area contributed by atoms with Crippen LogP contribution < -0.4 is 4.74 Å². The summed E-state index contributed by atoms with van der Waals surface area (Å²) in [6, 6.07) is 22.8. The van der Waals surface area contributed by atoms with Gasteiger partial charge in [-0.25, -0.2) is 0 Å². The molecule has 3 aromatic rings. The van der Waals surface area contributed by atoms with Gasteiger partial charge in [0.15, 0.2) is 23.0 Å². The van der Waals surface area contributed by atoms with Crippen molar-refractivity contribution in [3.63, 3.8) is 0 Å². The molecule has 0 spiro atoms. The van der Waals surface area contributed by atoms with Crippen molar-refractivity contribution >= 4 is 17.8 Å². The predicted molar refractivity (Wildman–Crippen MR) is 129 cm³/mol. The quantitative estimate of drug-likeness (QED) is 0.484. The second-order valence-electron chi connectivity index (χ2n) is 7.94. The molecule has 6 nitrogen and oxygen atoms in total. The molecular weight excluding hydrogens is 430 g/mol. The van der Waals surface area contributed by atoms with Crippen LogP contribution in [0.4, 0.5) is 0 Å². The molecule has 0 aliphatic carbocycles. The number of ketones is 1. The Bertz CT molecular complexity index is 1250. The number of hydrogen-bond acceptors (Lipinski definition) is 5. The molecule has 1 unspecified atom stereocenters. The molecule has 0 fully saturated rings. The Kier molecular flexibility index (Phi) is 6.78. The van der Waals surface area contributed by atoms with Crippen LogP contribution in [0.2, 0.25) is 0 Å². The molecule has 1 atom stereocenters. The topological polar surface area (TPSA) is 87.1 Å². The molecule has 6 heteroatoms. The van der Waals surface area contributed by atoms with Gasteiger partial charge in [0.1, 0.15) is 0 Å². The maximum Gasteiger partial charge on any atom is 0.290 e. The van der Waals surface area contributed by atoms with Gasteiger partial charge in [-0.3, -0.25) is 9.59 Å². The molecule has 1 aliphatic heterocycles. The molecule has 172 valence electrons. The maximum absolute atomic E-state index is 13.2. The largest absolute Gasteiger partial charge is 0.504 e. The standard InChI is InChI=1S/C28H25NO5/c1-34-24-18-21(13-15-22(24)30)26-25(23(31)14-12-19-8-4-2-5-9-19)27(32)28(33)29(26)17-16-20-10-6-3-7-11-20/h2-15,18,26,30,32H,16-17H2,1H3/b14-12+. The summed E-state index contributed by atoms with van der Waals surface area (Å²) in [5.74, 6) is -1.48. The number of carbonyl (C=O) groups is 2. The van der Waals surface area contributed by atoms with Crippen LogP contribution in [0.5, 0.6) is 11.5 Å². The van der Waals surface area contributed by atoms with E-state index in [0.717, 1.165) is 11.1 Å². The first-order chi connectivity index (χ1) is 16.5. The number of carbonyl (C=O) groups excluding carboxylic acids is 2. The van der Waals surface area contributed by atoms with Crippen molar-refractivity contribution in [3.05, 3.63) is 113 Å². The third-order valence-corrected chi connectivity index (χ3v) is 5.80. The average molecular weight is 456 g/mol. The highest BCUT2D eigenvalue weighted by molar-refractivity contribution is 6.14. The van der Waals surface area contributed by atoms with Gasteiger partial charge in [-0.15, -0.1) is 0 Å². The first-order valence-corrected chi connectivity index (χ1v) is 10.9. The van der Waals surface area contributed by atoms with Crippen molar-refractivity contribution in [1.29, 1.82) is 0 Å². The molecule has 1 amide bonds. The minimum Gasteiger partial charge on any atom is -0.504 e. The van der Waals surface area contributed by atoms with Gasteiger partial charge in [0.05, 0.1) is 18.7 Å². The zero-order valence-corrected chi connectivity index (χ0v) is 18.7. The molecule has 0 aromatic heterocycles. The van der Waals surface area contributed by atoms with Gasteiger partial charge in [0, 0.05) is 6.54 Å². The highest BCUT2D eigenvalue weighted by Crippen LogP contribution is 2.40. The van der Waals surface area contributed by atoms with E-state index in [4.69, 9.17) is 4.74 Å². The number of benzene rings is 3. The lowest BCUT2D eigenvalue weighted by Gasteiger charge is -2.27. The third-order valence-electron chi connectivity index (χ3n) is 5.80. The monoisotopic (exact) mass is 455 g/mol. The van der Waals surface area contributed by atoms with E-state index in [1.54, 1.807) is 18.2 Å². The number of aromatic hydroxyl groups is 1. The lowest BCUT2D eigenvalue weighted by molar-refractivity contribution is -0.129. The first-order valence-electron chi connectivity index (χ1n) is 10.9. The number of phenols is 1. The summed E-state index contributed by atoms with van der Waals surface area (Å²) < 4.78 is 5.23. The zero-order valence-electron chi connectivity index (χ0n) is 18.7. The predicted octanol–water partition coefficient (Wildman–Crippen LogP) is 4.62. The summed E-state index contributed by atoms with van der Waals surface area (Å²) in [5.41, 5.74) is 2.40. The van der Waals surface area contributed by atoms with Crippen LogP contribution in [0.25, 0.3) is 6.08 Å². The fourth-order valence-electron chi connectivity index (χ4n) is 4.07. The molecule has 0 radical (unpaired) electrons. The van der Waals surface area contributed by atoms with Crippen LogP contribution in [0.1, 0.15) is 22.7 Å². The van der Waals surface area contributed by atoms with Crippen LogP contribution >= 0.6 is 0 Å². The second-order valence-corrected chi connectivity index (χ2v) is 7.94. The fraction of sp³-hybridized carbons (Fsp3) is 0.143. The van der Waals surface area contributed by atoms with E-state index in [9.17, 15) is 19.8 Å². The van der Waals surface area contributed by atoms with E-state index in [0.29, 0.717) is 18.5 Å². The molecule has 4 rings (SSSR count). The van der Waals surface area contributed by atoms with Crippen LogP contribution in [-0.4, -0.2) is 40.5 Å². The second kappa shape index (κ2) is 10.1. The van der Waals surface area contributed by atoms with Gasteiger partial charge in [-0.2, -0.15) is 0 Å². The lowest BCUT2D eigenvalue weighted by Crippen LogP contribution is -2.33. The summed E-state index contributed by atoms with van der Waals surface area (Å²) in [6.45, 7) is 0.292. The van der Waals surface area contributed by atoms with E-state index >= 15 is 0 Å². The molecule has 1 heterocycles. The number of amides is 1. The van der Waals surface area contributed by atoms with Gasteiger partial charge < -0.3 is 19.8 Å². The van der Waals surface area contributed by atoms with E-state index in [1.807, 2.05) is 60.7 Å². The Hall–Kier alpha value is -4.32. The van der Waals surface area contributed by atoms with E-state index in [-0.39, 0.29) is 17.1 Å². The number of hydrogen-bond donors (Lipinski definition) is 2. The molecule has 0 saturated carbocycles. The summed E-state index contributed by atoms with van der Waals surface area (Å²) in [7, 11) is 1.42. The SMILES string of the molecule is COc1cc(C2C(C(=O)/C=C/c3ccccc3)=C(O)C(=O)N2CCc2ccccc2)ccc1O. The number of rotatable bonds is 8. The Labute approximate surface area is 198 Å². The minimum atomic E-state index is -0.821. The van der Waals surface area contributed by atoms with Gasteiger partial charge in [-0.05, 0) is 41.3 Å². The molecule has 0 saturated heterocycles. The Balaban J connectivity index is 1.70. The van der Waals surface area contributed by atoms with Crippen molar-refractivity contribution in [1.82, 2.24) is 4.90 Å². The van der Waals surface area contributed by atoms with Crippen molar-refractivity contribution in [3.8, 4) is 11.5 Å². The normalized spacial score (nSPS) is 15.9. The van der Waals surface area contributed by atoms with Crippen molar-refractivity contribution in [2.24, 2.45) is 0 Å². The van der Waals surface area contributed by atoms with Crippen LogP contribution in [0.3, 0.4) is 0 Å². The van der Waals surface area contributed by atoms with Gasteiger partial charge in [0.25, 0.3) is 5.91 Å². The van der Waals surface area contributed by atoms with Crippen molar-refractivity contribution in [2.75, 3.05) is 13.7 Å². The van der Waals surface area contributed by atoms with E-state index in [1.165, 1.54) is 24.2 Å². The number of aliphatic hydroxyl groups is 1. The third kappa shape index (κ3) is 4.71. The highest BCUT2D eigenvalue weighted by atomic mass is 16.5. The van der Waals surface area contributed by atoms with Crippen LogP contribution in [0.15, 0.2) is 96.3 Å². The fourth-order valence-corrected chi connectivity index (χ4v) is 4.07. The van der Waals surface area contributed by atoms with E-state index in [2.05, 4.69) is 0 Å². The zero-order chi connectivity index (χ0) is 24.1. The smallest absolute Gasteiger partial charge is 0.290 e.